The normalized spacial score (nSPS) is 10.9. The maximum absolute atomic E-state index is 12.7. The van der Waals surface area contributed by atoms with E-state index in [2.05, 4.69) is 15.0 Å². The van der Waals surface area contributed by atoms with Gasteiger partial charge in [0.05, 0.1) is 23.4 Å². The highest BCUT2D eigenvalue weighted by Gasteiger charge is 2.19. The SMILES string of the molecule is COC(=O)c1cc(CNC(=O)c2ccccn2)cc(NS(=O)(=O)c2ccccc2Cl)c1. The van der Waals surface area contributed by atoms with Gasteiger partial charge in [0.1, 0.15) is 10.6 Å². The fourth-order valence-corrected chi connectivity index (χ4v) is 4.29. The molecule has 1 aromatic heterocycles. The number of carbonyl (C=O) groups excluding carboxylic acids is 2. The zero-order valence-electron chi connectivity index (χ0n) is 16.3. The highest BCUT2D eigenvalue weighted by Crippen LogP contribution is 2.25. The fraction of sp³-hybridized carbons (Fsp3) is 0.0952. The van der Waals surface area contributed by atoms with E-state index in [1.54, 1.807) is 30.3 Å². The third-order valence-corrected chi connectivity index (χ3v) is 6.02. The number of aromatic nitrogens is 1. The molecular weight excluding hydrogens is 442 g/mol. The zero-order valence-corrected chi connectivity index (χ0v) is 17.9. The first-order valence-electron chi connectivity index (χ1n) is 8.99. The van der Waals surface area contributed by atoms with Gasteiger partial charge in [-0.2, -0.15) is 0 Å². The van der Waals surface area contributed by atoms with Crippen LogP contribution in [0.4, 0.5) is 5.69 Å². The number of ether oxygens (including phenoxy) is 1. The van der Waals surface area contributed by atoms with Crippen molar-refractivity contribution in [2.45, 2.75) is 11.4 Å². The Kier molecular flexibility index (Phi) is 6.88. The molecule has 2 N–H and O–H groups in total. The highest BCUT2D eigenvalue weighted by molar-refractivity contribution is 7.92. The van der Waals surface area contributed by atoms with Crippen molar-refractivity contribution < 1.29 is 22.7 Å². The van der Waals surface area contributed by atoms with Crippen LogP contribution in [0.1, 0.15) is 26.4 Å². The summed E-state index contributed by atoms with van der Waals surface area (Å²) in [6.07, 6.45) is 1.49. The van der Waals surface area contributed by atoms with Crippen LogP contribution >= 0.6 is 11.6 Å². The zero-order chi connectivity index (χ0) is 22.4. The molecule has 160 valence electrons. The molecule has 0 unspecified atom stereocenters. The summed E-state index contributed by atoms with van der Waals surface area (Å²) < 4.78 is 32.6. The summed E-state index contributed by atoms with van der Waals surface area (Å²) in [6.45, 7) is 0.0288. The second kappa shape index (κ2) is 9.59. The van der Waals surface area contributed by atoms with Crippen LogP contribution in [0.3, 0.4) is 0 Å². The van der Waals surface area contributed by atoms with Crippen LogP contribution < -0.4 is 10.0 Å². The van der Waals surface area contributed by atoms with Crippen LogP contribution in [0.2, 0.25) is 5.02 Å². The Morgan fingerprint density at radius 3 is 2.48 bits per heavy atom. The van der Waals surface area contributed by atoms with Crippen molar-refractivity contribution in [3.05, 3.63) is 88.7 Å². The van der Waals surface area contributed by atoms with Gasteiger partial charge in [-0.25, -0.2) is 13.2 Å². The number of benzene rings is 2. The molecule has 0 atom stereocenters. The Morgan fingerprint density at radius 1 is 1.06 bits per heavy atom. The lowest BCUT2D eigenvalue weighted by Crippen LogP contribution is -2.24. The molecular formula is C21H18ClN3O5S. The van der Waals surface area contributed by atoms with Crippen molar-refractivity contribution in [1.82, 2.24) is 10.3 Å². The van der Waals surface area contributed by atoms with Gasteiger partial charge in [-0.3, -0.25) is 14.5 Å². The highest BCUT2D eigenvalue weighted by atomic mass is 35.5. The average Bonchev–Trinajstić information content (AvgIpc) is 2.77. The molecule has 2 aromatic carbocycles. The number of pyridine rings is 1. The molecule has 0 aliphatic carbocycles. The van der Waals surface area contributed by atoms with Crippen molar-refractivity contribution in [2.24, 2.45) is 0 Å². The quantitative estimate of drug-likeness (QED) is 0.524. The van der Waals surface area contributed by atoms with Crippen LogP contribution in [-0.4, -0.2) is 32.4 Å². The molecule has 10 heteroatoms. The predicted molar refractivity (Wildman–Crippen MR) is 115 cm³/mol. The number of anilines is 1. The lowest BCUT2D eigenvalue weighted by molar-refractivity contribution is 0.0600. The van der Waals surface area contributed by atoms with Crippen molar-refractivity contribution in [3.8, 4) is 0 Å². The van der Waals surface area contributed by atoms with Crippen LogP contribution in [0.5, 0.6) is 0 Å². The molecule has 0 spiro atoms. The van der Waals surface area contributed by atoms with Crippen molar-refractivity contribution in [1.29, 1.82) is 0 Å². The van der Waals surface area contributed by atoms with E-state index in [9.17, 15) is 18.0 Å². The van der Waals surface area contributed by atoms with Gasteiger partial charge < -0.3 is 10.1 Å². The molecule has 1 amide bonds. The number of nitrogens with one attached hydrogen (secondary N) is 2. The first-order chi connectivity index (χ1) is 14.8. The number of hydrogen-bond donors (Lipinski definition) is 2. The number of methoxy groups -OCH3 is 1. The number of carbonyl (C=O) groups is 2. The molecule has 0 saturated carbocycles. The fourth-order valence-electron chi connectivity index (χ4n) is 2.73. The van der Waals surface area contributed by atoms with Gasteiger partial charge in [0.2, 0.25) is 0 Å². The summed E-state index contributed by atoms with van der Waals surface area (Å²) >= 11 is 6.01. The molecule has 0 radical (unpaired) electrons. The van der Waals surface area contributed by atoms with E-state index in [0.29, 0.717) is 5.56 Å². The van der Waals surface area contributed by atoms with Gasteiger partial charge in [0, 0.05) is 12.7 Å². The van der Waals surface area contributed by atoms with E-state index in [4.69, 9.17) is 16.3 Å². The van der Waals surface area contributed by atoms with Gasteiger partial charge in [-0.05, 0) is 48.0 Å². The number of rotatable bonds is 7. The van der Waals surface area contributed by atoms with Crippen molar-refractivity contribution in [2.75, 3.05) is 11.8 Å². The Bertz CT molecular complexity index is 1220. The second-order valence-corrected chi connectivity index (χ2v) is 8.40. The number of halogens is 1. The van der Waals surface area contributed by atoms with Crippen molar-refractivity contribution >= 4 is 39.2 Å². The minimum absolute atomic E-state index is 0.0288. The summed E-state index contributed by atoms with van der Waals surface area (Å²) in [5, 5.41) is 2.74. The average molecular weight is 460 g/mol. The van der Waals surface area contributed by atoms with Crippen LogP contribution in [0, 0.1) is 0 Å². The first kappa shape index (κ1) is 22.3. The maximum atomic E-state index is 12.7. The van der Waals surface area contributed by atoms with E-state index < -0.39 is 21.9 Å². The molecule has 0 fully saturated rings. The summed E-state index contributed by atoms with van der Waals surface area (Å²) in [5.74, 6) is -1.07. The summed E-state index contributed by atoms with van der Waals surface area (Å²) in [5.41, 5.74) is 0.934. The van der Waals surface area contributed by atoms with Crippen LogP contribution in [0.15, 0.2) is 71.8 Å². The predicted octanol–water partition coefficient (Wildman–Crippen LogP) is 3.25. The lowest BCUT2D eigenvalue weighted by atomic mass is 10.1. The Morgan fingerprint density at radius 2 is 1.81 bits per heavy atom. The number of nitrogens with zero attached hydrogens (tertiary/aromatic N) is 1. The molecule has 0 saturated heterocycles. The maximum Gasteiger partial charge on any atom is 0.337 e. The number of hydrogen-bond acceptors (Lipinski definition) is 6. The van der Waals surface area contributed by atoms with E-state index in [1.807, 2.05) is 0 Å². The van der Waals surface area contributed by atoms with Crippen LogP contribution in [0.25, 0.3) is 0 Å². The van der Waals surface area contributed by atoms with Gasteiger partial charge in [0.15, 0.2) is 0 Å². The van der Waals surface area contributed by atoms with Crippen molar-refractivity contribution in [3.63, 3.8) is 0 Å². The molecule has 31 heavy (non-hydrogen) atoms. The lowest BCUT2D eigenvalue weighted by Gasteiger charge is -2.13. The monoisotopic (exact) mass is 459 g/mol. The topological polar surface area (TPSA) is 114 Å². The Labute approximate surface area is 184 Å². The summed E-state index contributed by atoms with van der Waals surface area (Å²) in [7, 11) is -2.80. The first-order valence-corrected chi connectivity index (χ1v) is 10.8. The summed E-state index contributed by atoms with van der Waals surface area (Å²) in [4.78, 5) is 28.1. The molecule has 0 bridgehead atoms. The minimum Gasteiger partial charge on any atom is -0.465 e. The molecule has 3 rings (SSSR count). The number of esters is 1. The molecule has 3 aromatic rings. The Hall–Kier alpha value is -3.43. The van der Waals surface area contributed by atoms with Gasteiger partial charge >= 0.3 is 5.97 Å². The van der Waals surface area contributed by atoms with Crippen LogP contribution in [-0.2, 0) is 21.3 Å². The number of amides is 1. The second-order valence-electron chi connectivity index (χ2n) is 6.34. The standard InChI is InChI=1S/C21H18ClN3O5S/c1-30-21(27)15-10-14(13-24-20(26)18-7-4-5-9-23-18)11-16(12-15)25-31(28,29)19-8-3-2-6-17(19)22/h2-12,25H,13H2,1H3,(H,24,26). The van der Waals surface area contributed by atoms with Gasteiger partial charge in [-0.15, -0.1) is 0 Å². The Balaban J connectivity index is 1.87. The van der Waals surface area contributed by atoms with E-state index in [-0.39, 0.29) is 33.4 Å². The van der Waals surface area contributed by atoms with Gasteiger partial charge in [0.25, 0.3) is 15.9 Å². The van der Waals surface area contributed by atoms with E-state index in [1.165, 1.54) is 43.6 Å². The van der Waals surface area contributed by atoms with Gasteiger partial charge in [-0.1, -0.05) is 29.8 Å². The summed E-state index contributed by atoms with van der Waals surface area (Å²) in [6, 6.07) is 15.2. The van der Waals surface area contributed by atoms with E-state index >= 15 is 0 Å². The molecule has 0 aliphatic rings. The minimum atomic E-state index is -4.02. The largest absolute Gasteiger partial charge is 0.465 e. The van der Waals surface area contributed by atoms with E-state index in [0.717, 1.165) is 0 Å². The molecule has 0 aliphatic heterocycles. The smallest absolute Gasteiger partial charge is 0.337 e. The molecule has 1 heterocycles. The number of sulfonamides is 1. The third-order valence-electron chi connectivity index (χ3n) is 4.14. The molecule has 8 nitrogen and oxygen atoms in total. The third kappa shape index (κ3) is 5.59.